The Balaban J connectivity index is 1.87. The van der Waals surface area contributed by atoms with Gasteiger partial charge in [0.05, 0.1) is 24.3 Å². The van der Waals surface area contributed by atoms with Gasteiger partial charge in [0, 0.05) is 0 Å². The molecule has 2 rings (SSSR count). The van der Waals surface area contributed by atoms with Crippen molar-refractivity contribution < 1.29 is 19.1 Å². The molecule has 1 aromatic carbocycles. The first-order valence-corrected chi connectivity index (χ1v) is 7.01. The largest absolute Gasteiger partial charge is 0.394 e. The van der Waals surface area contributed by atoms with Gasteiger partial charge in [-0.3, -0.25) is 9.59 Å². The van der Waals surface area contributed by atoms with Crippen LogP contribution in [-0.2, 0) is 4.79 Å². The number of hydrogen-bond donors (Lipinski definition) is 3. The molecule has 0 atom stereocenters. The molecule has 0 aliphatic heterocycles. The van der Waals surface area contributed by atoms with E-state index in [1.54, 1.807) is 6.07 Å². The summed E-state index contributed by atoms with van der Waals surface area (Å²) in [6.45, 7) is -0.352. The average Bonchev–Trinajstić information content (AvgIpc) is 2.94. The second-order valence-corrected chi connectivity index (χ2v) is 5.36. The van der Waals surface area contributed by atoms with Crippen LogP contribution < -0.4 is 10.6 Å². The van der Waals surface area contributed by atoms with Crippen LogP contribution in [0.15, 0.2) is 24.3 Å². The molecule has 0 unspecified atom stereocenters. The van der Waals surface area contributed by atoms with E-state index in [1.165, 1.54) is 18.2 Å². The molecule has 1 aromatic rings. The maximum absolute atomic E-state index is 13.4. The Morgan fingerprint density at radius 3 is 2.52 bits per heavy atom. The van der Waals surface area contributed by atoms with Crippen molar-refractivity contribution >= 4 is 11.8 Å². The lowest BCUT2D eigenvalue weighted by Gasteiger charge is -2.28. The number of aliphatic hydroxyl groups excluding tert-OH is 1. The molecule has 0 bridgehead atoms. The van der Waals surface area contributed by atoms with Crippen LogP contribution in [0.4, 0.5) is 4.39 Å². The van der Waals surface area contributed by atoms with Gasteiger partial charge in [0.1, 0.15) is 5.82 Å². The van der Waals surface area contributed by atoms with E-state index < -0.39 is 17.3 Å². The molecule has 114 valence electrons. The van der Waals surface area contributed by atoms with Gasteiger partial charge in [-0.1, -0.05) is 25.0 Å². The Bertz CT molecular complexity index is 527. The van der Waals surface area contributed by atoms with Gasteiger partial charge in [-0.25, -0.2) is 4.39 Å². The van der Waals surface area contributed by atoms with E-state index in [0.717, 1.165) is 25.7 Å². The Morgan fingerprint density at radius 1 is 1.24 bits per heavy atom. The van der Waals surface area contributed by atoms with Gasteiger partial charge in [-0.2, -0.15) is 0 Å². The summed E-state index contributed by atoms with van der Waals surface area (Å²) in [5, 5.41) is 14.6. The number of carbonyl (C=O) groups is 2. The molecule has 0 heterocycles. The minimum Gasteiger partial charge on any atom is -0.394 e. The third-order valence-electron chi connectivity index (χ3n) is 3.80. The van der Waals surface area contributed by atoms with Crippen LogP contribution in [-0.4, -0.2) is 35.6 Å². The molecule has 0 aromatic heterocycles. The molecule has 1 aliphatic rings. The molecule has 0 radical (unpaired) electrons. The highest BCUT2D eigenvalue weighted by atomic mass is 19.1. The summed E-state index contributed by atoms with van der Waals surface area (Å²) < 4.78 is 13.4. The maximum Gasteiger partial charge on any atom is 0.254 e. The first-order valence-electron chi connectivity index (χ1n) is 7.01. The molecule has 21 heavy (non-hydrogen) atoms. The van der Waals surface area contributed by atoms with E-state index in [2.05, 4.69) is 10.6 Å². The summed E-state index contributed by atoms with van der Waals surface area (Å²) in [7, 11) is 0. The van der Waals surface area contributed by atoms with Gasteiger partial charge in [0.15, 0.2) is 0 Å². The molecule has 0 spiro atoms. The summed E-state index contributed by atoms with van der Waals surface area (Å²) >= 11 is 0. The zero-order chi connectivity index (χ0) is 15.3. The molecule has 3 N–H and O–H groups in total. The normalized spacial score (nSPS) is 16.5. The summed E-state index contributed by atoms with van der Waals surface area (Å²) in [5.74, 6) is -1.64. The summed E-state index contributed by atoms with van der Waals surface area (Å²) in [4.78, 5) is 23.6. The van der Waals surface area contributed by atoms with Gasteiger partial charge in [-0.05, 0) is 25.0 Å². The number of benzene rings is 1. The standard InChI is InChI=1S/C15H19FN2O3/c16-12-6-2-1-5-11(12)14(21)17-9-13(20)18-15(10-19)7-3-4-8-15/h1-2,5-6,19H,3-4,7-10H2,(H,17,21)(H,18,20). The number of aliphatic hydroxyl groups is 1. The third-order valence-corrected chi connectivity index (χ3v) is 3.80. The van der Waals surface area contributed by atoms with Crippen LogP contribution >= 0.6 is 0 Å². The Hall–Kier alpha value is -1.95. The second-order valence-electron chi connectivity index (χ2n) is 5.36. The summed E-state index contributed by atoms with van der Waals surface area (Å²) in [6.07, 6.45) is 3.39. The molecular weight excluding hydrogens is 275 g/mol. The molecule has 1 aliphatic carbocycles. The Labute approximate surface area is 122 Å². The zero-order valence-corrected chi connectivity index (χ0v) is 11.7. The van der Waals surface area contributed by atoms with E-state index in [4.69, 9.17) is 0 Å². The van der Waals surface area contributed by atoms with Crippen LogP contribution in [0.5, 0.6) is 0 Å². The topological polar surface area (TPSA) is 78.4 Å². The lowest BCUT2D eigenvalue weighted by molar-refractivity contribution is -0.122. The highest BCUT2D eigenvalue weighted by Gasteiger charge is 2.34. The van der Waals surface area contributed by atoms with E-state index in [9.17, 15) is 19.1 Å². The van der Waals surface area contributed by atoms with Gasteiger partial charge < -0.3 is 15.7 Å². The van der Waals surface area contributed by atoms with Crippen molar-refractivity contribution in [2.75, 3.05) is 13.2 Å². The van der Waals surface area contributed by atoms with Crippen molar-refractivity contribution in [2.45, 2.75) is 31.2 Å². The van der Waals surface area contributed by atoms with Gasteiger partial charge >= 0.3 is 0 Å². The van der Waals surface area contributed by atoms with Crippen molar-refractivity contribution in [1.82, 2.24) is 10.6 Å². The number of rotatable bonds is 5. The maximum atomic E-state index is 13.4. The van der Waals surface area contributed by atoms with E-state index in [1.807, 2.05) is 0 Å². The second kappa shape index (κ2) is 6.67. The molecule has 6 heteroatoms. The molecule has 5 nitrogen and oxygen atoms in total. The molecule has 2 amide bonds. The van der Waals surface area contributed by atoms with E-state index in [0.29, 0.717) is 0 Å². The number of halogens is 1. The quantitative estimate of drug-likeness (QED) is 0.757. The molecule has 0 saturated heterocycles. The van der Waals surface area contributed by atoms with Crippen molar-refractivity contribution in [3.8, 4) is 0 Å². The van der Waals surface area contributed by atoms with Crippen LogP contribution in [0.3, 0.4) is 0 Å². The van der Waals surface area contributed by atoms with Crippen molar-refractivity contribution in [3.63, 3.8) is 0 Å². The SMILES string of the molecule is O=C(CNC(=O)c1ccccc1F)NC1(CO)CCCC1. The smallest absolute Gasteiger partial charge is 0.254 e. The zero-order valence-electron chi connectivity index (χ0n) is 11.7. The number of hydrogen-bond acceptors (Lipinski definition) is 3. The number of amides is 2. The molecule has 1 saturated carbocycles. The van der Waals surface area contributed by atoms with Crippen molar-refractivity contribution in [1.29, 1.82) is 0 Å². The Kier molecular flexibility index (Phi) is 4.90. The van der Waals surface area contributed by atoms with Crippen molar-refractivity contribution in [3.05, 3.63) is 35.6 Å². The average molecular weight is 294 g/mol. The summed E-state index contributed by atoms with van der Waals surface area (Å²) in [6, 6.07) is 5.59. The van der Waals surface area contributed by atoms with Gasteiger partial charge in [-0.15, -0.1) is 0 Å². The van der Waals surface area contributed by atoms with Crippen molar-refractivity contribution in [2.24, 2.45) is 0 Å². The Morgan fingerprint density at radius 2 is 1.90 bits per heavy atom. The minimum absolute atomic E-state index is 0.0944. The lowest BCUT2D eigenvalue weighted by Crippen LogP contribution is -2.52. The summed E-state index contributed by atoms with van der Waals surface area (Å²) in [5.41, 5.74) is -0.664. The van der Waals surface area contributed by atoms with E-state index in [-0.39, 0.29) is 24.6 Å². The molecular formula is C15H19FN2O3. The van der Waals surface area contributed by atoms with E-state index >= 15 is 0 Å². The van der Waals surface area contributed by atoms with Crippen LogP contribution in [0.25, 0.3) is 0 Å². The van der Waals surface area contributed by atoms with Crippen LogP contribution in [0.1, 0.15) is 36.0 Å². The predicted molar refractivity (Wildman–Crippen MR) is 75.2 cm³/mol. The minimum atomic E-state index is -0.632. The lowest BCUT2D eigenvalue weighted by atomic mass is 9.99. The fraction of sp³-hybridized carbons (Fsp3) is 0.467. The third kappa shape index (κ3) is 3.78. The number of carbonyl (C=O) groups excluding carboxylic acids is 2. The highest BCUT2D eigenvalue weighted by Crippen LogP contribution is 2.28. The van der Waals surface area contributed by atoms with Crippen LogP contribution in [0, 0.1) is 5.82 Å². The highest BCUT2D eigenvalue weighted by molar-refractivity contribution is 5.96. The van der Waals surface area contributed by atoms with Crippen LogP contribution in [0.2, 0.25) is 0 Å². The fourth-order valence-electron chi connectivity index (χ4n) is 2.62. The van der Waals surface area contributed by atoms with Gasteiger partial charge in [0.2, 0.25) is 5.91 Å². The van der Waals surface area contributed by atoms with Gasteiger partial charge in [0.25, 0.3) is 5.91 Å². The monoisotopic (exact) mass is 294 g/mol. The number of nitrogens with one attached hydrogen (secondary N) is 2. The first-order chi connectivity index (χ1) is 10.1. The predicted octanol–water partition coefficient (Wildman–Crippen LogP) is 0.977. The first kappa shape index (κ1) is 15.4. The fourth-order valence-corrected chi connectivity index (χ4v) is 2.62. The molecule has 1 fully saturated rings.